The molecule has 0 aliphatic rings. The number of hydrogen-bond donors (Lipinski definition) is 1. The van der Waals surface area contributed by atoms with E-state index in [4.69, 9.17) is 4.74 Å². The summed E-state index contributed by atoms with van der Waals surface area (Å²) >= 11 is 0. The van der Waals surface area contributed by atoms with Crippen molar-refractivity contribution in [1.29, 1.82) is 0 Å². The van der Waals surface area contributed by atoms with Crippen LogP contribution >= 0.6 is 0 Å². The van der Waals surface area contributed by atoms with E-state index in [2.05, 4.69) is 10.3 Å². The van der Waals surface area contributed by atoms with Gasteiger partial charge in [0.2, 0.25) is 0 Å². The Kier molecular flexibility index (Phi) is 5.96. The Hall–Kier alpha value is -1.00. The quantitative estimate of drug-likeness (QED) is 0.724. The van der Waals surface area contributed by atoms with Gasteiger partial charge in [0.25, 0.3) is 0 Å². The van der Waals surface area contributed by atoms with Gasteiger partial charge in [0, 0.05) is 19.9 Å². The van der Waals surface area contributed by atoms with E-state index in [1.807, 2.05) is 6.92 Å². The number of halogens is 1. The van der Waals surface area contributed by atoms with Crippen molar-refractivity contribution in [1.82, 2.24) is 10.3 Å². The van der Waals surface area contributed by atoms with Gasteiger partial charge < -0.3 is 10.1 Å². The molecule has 1 unspecified atom stereocenters. The molecule has 1 aromatic heterocycles. The van der Waals surface area contributed by atoms with Crippen LogP contribution in [0.1, 0.15) is 31.5 Å². The van der Waals surface area contributed by atoms with E-state index in [-0.39, 0.29) is 11.9 Å². The van der Waals surface area contributed by atoms with Crippen LogP contribution in [-0.4, -0.2) is 25.2 Å². The lowest BCUT2D eigenvalue weighted by Gasteiger charge is -2.17. The van der Waals surface area contributed by atoms with Crippen molar-refractivity contribution in [2.75, 3.05) is 20.3 Å². The number of nitrogens with zero attached hydrogens (tertiary/aromatic N) is 1. The first-order chi connectivity index (χ1) is 7.79. The second-order valence-electron chi connectivity index (χ2n) is 3.62. The van der Waals surface area contributed by atoms with Crippen LogP contribution in [0.4, 0.5) is 4.39 Å². The zero-order valence-corrected chi connectivity index (χ0v) is 9.87. The fourth-order valence-corrected chi connectivity index (χ4v) is 1.67. The lowest BCUT2D eigenvalue weighted by atomic mass is 10.1. The predicted molar refractivity (Wildman–Crippen MR) is 61.7 cm³/mol. The van der Waals surface area contributed by atoms with Crippen LogP contribution in [0.5, 0.6) is 0 Å². The van der Waals surface area contributed by atoms with Crippen molar-refractivity contribution in [3.8, 4) is 0 Å². The molecule has 1 atom stereocenters. The van der Waals surface area contributed by atoms with Crippen LogP contribution in [0, 0.1) is 5.82 Å². The first-order valence-electron chi connectivity index (χ1n) is 5.62. The smallest absolute Gasteiger partial charge is 0.146 e. The Labute approximate surface area is 96.0 Å². The fourth-order valence-electron chi connectivity index (χ4n) is 1.67. The molecule has 1 aromatic rings. The van der Waals surface area contributed by atoms with Crippen LogP contribution in [0.3, 0.4) is 0 Å². The highest BCUT2D eigenvalue weighted by Crippen LogP contribution is 2.18. The Balaban J connectivity index is 2.65. The number of nitrogens with one attached hydrogen (secondary N) is 1. The van der Waals surface area contributed by atoms with Gasteiger partial charge in [-0.1, -0.05) is 6.92 Å². The highest BCUT2D eigenvalue weighted by atomic mass is 19.1. The Morgan fingerprint density at radius 3 is 3.00 bits per heavy atom. The van der Waals surface area contributed by atoms with Crippen LogP contribution in [0.2, 0.25) is 0 Å². The van der Waals surface area contributed by atoms with Crippen molar-refractivity contribution in [2.24, 2.45) is 0 Å². The van der Waals surface area contributed by atoms with E-state index in [0.29, 0.717) is 12.3 Å². The van der Waals surface area contributed by atoms with Gasteiger partial charge in [-0.25, -0.2) is 4.39 Å². The average Bonchev–Trinajstić information content (AvgIpc) is 2.29. The second kappa shape index (κ2) is 7.30. The third-order valence-electron chi connectivity index (χ3n) is 2.41. The summed E-state index contributed by atoms with van der Waals surface area (Å²) in [7, 11) is 1.67. The highest BCUT2D eigenvalue weighted by Gasteiger charge is 2.15. The molecule has 0 bridgehead atoms. The summed E-state index contributed by atoms with van der Waals surface area (Å²) < 4.78 is 18.5. The third-order valence-corrected chi connectivity index (χ3v) is 2.41. The van der Waals surface area contributed by atoms with E-state index < -0.39 is 0 Å². The molecule has 3 nitrogen and oxygen atoms in total. The first-order valence-corrected chi connectivity index (χ1v) is 5.62. The predicted octanol–water partition coefficient (Wildman–Crippen LogP) is 2.30. The average molecular weight is 226 g/mol. The minimum absolute atomic E-state index is 0.0265. The summed E-state index contributed by atoms with van der Waals surface area (Å²) in [6, 6.07) is 3.03. The van der Waals surface area contributed by atoms with Gasteiger partial charge in [0.05, 0.1) is 11.7 Å². The van der Waals surface area contributed by atoms with Crippen molar-refractivity contribution >= 4 is 0 Å². The monoisotopic (exact) mass is 226 g/mol. The van der Waals surface area contributed by atoms with Crippen LogP contribution in [0.25, 0.3) is 0 Å². The van der Waals surface area contributed by atoms with Crippen LogP contribution in [-0.2, 0) is 4.74 Å². The Morgan fingerprint density at radius 1 is 1.56 bits per heavy atom. The summed E-state index contributed by atoms with van der Waals surface area (Å²) in [5, 5.41) is 3.24. The Morgan fingerprint density at radius 2 is 2.38 bits per heavy atom. The molecule has 0 amide bonds. The zero-order chi connectivity index (χ0) is 11.8. The summed E-state index contributed by atoms with van der Waals surface area (Å²) in [4.78, 5) is 4.10. The van der Waals surface area contributed by atoms with Gasteiger partial charge in [-0.2, -0.15) is 0 Å². The summed E-state index contributed by atoms with van der Waals surface area (Å²) in [5.74, 6) is -0.245. The maximum atomic E-state index is 13.5. The van der Waals surface area contributed by atoms with Gasteiger partial charge in [-0.05, 0) is 31.5 Å². The summed E-state index contributed by atoms with van der Waals surface area (Å²) in [5.41, 5.74) is 0.500. The molecule has 0 saturated carbocycles. The molecule has 4 heteroatoms. The molecule has 0 aliphatic carbocycles. The molecule has 0 radical (unpaired) electrons. The molecule has 1 N–H and O–H groups in total. The molecule has 16 heavy (non-hydrogen) atoms. The molecule has 0 aromatic carbocycles. The highest BCUT2D eigenvalue weighted by molar-refractivity contribution is 5.11. The van der Waals surface area contributed by atoms with E-state index in [0.717, 1.165) is 19.4 Å². The van der Waals surface area contributed by atoms with Crippen molar-refractivity contribution in [2.45, 2.75) is 25.8 Å². The molecule has 0 saturated heterocycles. The van der Waals surface area contributed by atoms with E-state index in [1.165, 1.54) is 6.07 Å². The minimum atomic E-state index is -0.245. The number of pyridine rings is 1. The van der Waals surface area contributed by atoms with Crippen LogP contribution in [0.15, 0.2) is 18.3 Å². The third kappa shape index (κ3) is 3.87. The van der Waals surface area contributed by atoms with Gasteiger partial charge in [0.15, 0.2) is 0 Å². The molecule has 0 spiro atoms. The van der Waals surface area contributed by atoms with Crippen molar-refractivity contribution in [3.05, 3.63) is 29.8 Å². The molecular weight excluding hydrogens is 207 g/mol. The van der Waals surface area contributed by atoms with Gasteiger partial charge in [0.1, 0.15) is 5.82 Å². The second-order valence-corrected chi connectivity index (χ2v) is 3.62. The molecule has 1 rings (SSSR count). The SMILES string of the molecule is CCNC(CCCOC)c1ncccc1F. The number of ether oxygens (including phenoxy) is 1. The number of hydrogen-bond acceptors (Lipinski definition) is 3. The summed E-state index contributed by atoms with van der Waals surface area (Å²) in [6.45, 7) is 3.49. The maximum absolute atomic E-state index is 13.5. The number of aromatic nitrogens is 1. The molecular formula is C12H19FN2O. The topological polar surface area (TPSA) is 34.1 Å². The van der Waals surface area contributed by atoms with Crippen molar-refractivity contribution < 1.29 is 9.13 Å². The number of rotatable bonds is 7. The van der Waals surface area contributed by atoms with Crippen LogP contribution < -0.4 is 5.32 Å². The van der Waals surface area contributed by atoms with E-state index in [9.17, 15) is 4.39 Å². The Bertz CT molecular complexity index is 307. The normalized spacial score (nSPS) is 12.7. The lowest BCUT2D eigenvalue weighted by molar-refractivity contribution is 0.188. The lowest BCUT2D eigenvalue weighted by Crippen LogP contribution is -2.23. The van der Waals surface area contributed by atoms with Crippen molar-refractivity contribution in [3.63, 3.8) is 0 Å². The molecule has 1 heterocycles. The number of methoxy groups -OCH3 is 1. The van der Waals surface area contributed by atoms with E-state index in [1.54, 1.807) is 19.4 Å². The first kappa shape index (κ1) is 13.1. The summed E-state index contributed by atoms with van der Waals surface area (Å²) in [6.07, 6.45) is 3.35. The zero-order valence-electron chi connectivity index (χ0n) is 9.87. The largest absolute Gasteiger partial charge is 0.385 e. The minimum Gasteiger partial charge on any atom is -0.385 e. The van der Waals surface area contributed by atoms with Gasteiger partial charge in [-0.15, -0.1) is 0 Å². The van der Waals surface area contributed by atoms with Gasteiger partial charge >= 0.3 is 0 Å². The fraction of sp³-hybridized carbons (Fsp3) is 0.583. The standard InChI is InChI=1S/C12H19FN2O/c1-3-14-11(7-5-9-16-2)12-10(13)6-4-8-15-12/h4,6,8,11,14H,3,5,7,9H2,1-2H3. The van der Waals surface area contributed by atoms with E-state index >= 15 is 0 Å². The van der Waals surface area contributed by atoms with Gasteiger partial charge in [-0.3, -0.25) is 4.98 Å². The maximum Gasteiger partial charge on any atom is 0.146 e. The molecule has 0 fully saturated rings. The molecule has 0 aliphatic heterocycles. The molecule has 90 valence electrons.